The zero-order valence-corrected chi connectivity index (χ0v) is 6.51. The second-order valence-corrected chi connectivity index (χ2v) is 2.88. The summed E-state index contributed by atoms with van der Waals surface area (Å²) in [6, 6.07) is 0. The molecule has 1 rings (SSSR count). The summed E-state index contributed by atoms with van der Waals surface area (Å²) in [4.78, 5) is 10.6. The van der Waals surface area contributed by atoms with Crippen LogP contribution < -0.4 is 0 Å². The Labute approximate surface area is 69.6 Å². The summed E-state index contributed by atoms with van der Waals surface area (Å²) in [5, 5.41) is 26.4. The van der Waals surface area contributed by atoms with Crippen LogP contribution >= 0.6 is 0 Å². The van der Waals surface area contributed by atoms with Gasteiger partial charge in [-0.1, -0.05) is 0 Å². The predicted octanol–water partition coefficient (Wildman–Crippen LogP) is -1.59. The van der Waals surface area contributed by atoms with Gasteiger partial charge in [0.2, 0.25) is 0 Å². The van der Waals surface area contributed by atoms with Gasteiger partial charge >= 0.3 is 5.97 Å². The summed E-state index contributed by atoms with van der Waals surface area (Å²) < 4.78 is 4.69. The summed E-state index contributed by atoms with van der Waals surface area (Å²) in [6.07, 6.45) is -2.03. The van der Waals surface area contributed by atoms with Crippen LogP contribution in [0.3, 0.4) is 0 Å². The Kier molecular flexibility index (Phi) is 3.02. The molecule has 0 amide bonds. The Morgan fingerprint density at radius 1 is 1.67 bits per heavy atom. The second-order valence-electron chi connectivity index (χ2n) is 2.88. The normalized spacial score (nSPS) is 31.8. The highest BCUT2D eigenvalue weighted by Gasteiger charge is 2.33. The van der Waals surface area contributed by atoms with Crippen molar-refractivity contribution in [3.63, 3.8) is 0 Å². The van der Waals surface area contributed by atoms with Crippen molar-refractivity contribution < 1.29 is 24.9 Å². The number of ether oxygens (including phenoxy) is 1. The quantitative estimate of drug-likeness (QED) is 0.451. The van der Waals surface area contributed by atoms with Crippen LogP contribution in [0.5, 0.6) is 0 Å². The number of esters is 1. The summed E-state index contributed by atoms with van der Waals surface area (Å²) in [7, 11) is 0. The molecule has 0 aliphatic carbocycles. The topological polar surface area (TPSA) is 87.0 Å². The van der Waals surface area contributed by atoms with Gasteiger partial charge in [-0.2, -0.15) is 0 Å². The van der Waals surface area contributed by atoms with Gasteiger partial charge in [-0.3, -0.25) is 0 Å². The molecule has 0 saturated carbocycles. The standard InChI is InChI=1S/C7H12O5/c8-3-4(9)1-5-2-6(10)7(11)12-5/h4-6,8-10H,1-3H2. The van der Waals surface area contributed by atoms with Gasteiger partial charge in [0.15, 0.2) is 6.10 Å². The molecule has 1 saturated heterocycles. The van der Waals surface area contributed by atoms with E-state index in [1.165, 1.54) is 0 Å². The first kappa shape index (κ1) is 9.44. The van der Waals surface area contributed by atoms with Crippen molar-refractivity contribution in [3.05, 3.63) is 0 Å². The fourth-order valence-corrected chi connectivity index (χ4v) is 1.16. The van der Waals surface area contributed by atoms with Crippen molar-refractivity contribution in [2.75, 3.05) is 6.61 Å². The van der Waals surface area contributed by atoms with E-state index >= 15 is 0 Å². The van der Waals surface area contributed by atoms with Gasteiger partial charge in [0.25, 0.3) is 0 Å². The number of carbonyl (C=O) groups is 1. The van der Waals surface area contributed by atoms with Gasteiger partial charge < -0.3 is 20.1 Å². The van der Waals surface area contributed by atoms with Crippen LogP contribution in [0, 0.1) is 0 Å². The van der Waals surface area contributed by atoms with Crippen LogP contribution in [-0.2, 0) is 9.53 Å². The van der Waals surface area contributed by atoms with Crippen LogP contribution in [0.25, 0.3) is 0 Å². The average molecular weight is 176 g/mol. The zero-order valence-electron chi connectivity index (χ0n) is 6.51. The van der Waals surface area contributed by atoms with Gasteiger partial charge in [0.1, 0.15) is 6.10 Å². The Morgan fingerprint density at radius 2 is 2.33 bits per heavy atom. The first-order chi connectivity index (χ1) is 5.63. The Hall–Kier alpha value is -0.650. The van der Waals surface area contributed by atoms with E-state index in [0.29, 0.717) is 0 Å². The van der Waals surface area contributed by atoms with Crippen molar-refractivity contribution in [2.24, 2.45) is 0 Å². The lowest BCUT2D eigenvalue weighted by Crippen LogP contribution is -2.20. The molecule has 5 nitrogen and oxygen atoms in total. The monoisotopic (exact) mass is 176 g/mol. The van der Waals surface area contributed by atoms with Gasteiger partial charge in [0, 0.05) is 12.8 Å². The number of hydrogen-bond acceptors (Lipinski definition) is 5. The lowest BCUT2D eigenvalue weighted by molar-refractivity contribution is -0.148. The van der Waals surface area contributed by atoms with Crippen molar-refractivity contribution in [1.29, 1.82) is 0 Å². The third-order valence-corrected chi connectivity index (χ3v) is 1.79. The second kappa shape index (κ2) is 3.84. The Morgan fingerprint density at radius 3 is 2.75 bits per heavy atom. The number of aliphatic hydroxyl groups excluding tert-OH is 3. The van der Waals surface area contributed by atoms with Gasteiger partial charge in [0.05, 0.1) is 12.7 Å². The zero-order chi connectivity index (χ0) is 9.14. The molecule has 70 valence electrons. The molecule has 3 atom stereocenters. The highest BCUT2D eigenvalue weighted by molar-refractivity contribution is 5.76. The number of carbonyl (C=O) groups excluding carboxylic acids is 1. The van der Waals surface area contributed by atoms with E-state index in [2.05, 4.69) is 4.74 Å². The van der Waals surface area contributed by atoms with Crippen LogP contribution in [0.2, 0.25) is 0 Å². The number of hydrogen-bond donors (Lipinski definition) is 3. The van der Waals surface area contributed by atoms with E-state index in [9.17, 15) is 4.79 Å². The minimum absolute atomic E-state index is 0.180. The van der Waals surface area contributed by atoms with E-state index < -0.39 is 24.3 Å². The third kappa shape index (κ3) is 2.17. The minimum Gasteiger partial charge on any atom is -0.460 e. The van der Waals surface area contributed by atoms with Crippen LogP contribution in [0.4, 0.5) is 0 Å². The summed E-state index contributed by atoms with van der Waals surface area (Å²) in [6.45, 7) is -0.357. The fourth-order valence-electron chi connectivity index (χ4n) is 1.16. The molecule has 1 fully saturated rings. The molecule has 1 aliphatic rings. The van der Waals surface area contributed by atoms with Gasteiger partial charge in [-0.25, -0.2) is 4.79 Å². The number of cyclic esters (lactones) is 1. The average Bonchev–Trinajstić information content (AvgIpc) is 2.31. The van der Waals surface area contributed by atoms with Gasteiger partial charge in [-0.05, 0) is 0 Å². The molecular weight excluding hydrogens is 164 g/mol. The van der Waals surface area contributed by atoms with E-state index in [0.717, 1.165) is 0 Å². The van der Waals surface area contributed by atoms with E-state index in [-0.39, 0.29) is 19.4 Å². The molecule has 0 aromatic rings. The third-order valence-electron chi connectivity index (χ3n) is 1.79. The van der Waals surface area contributed by atoms with Crippen molar-refractivity contribution in [3.8, 4) is 0 Å². The molecule has 0 radical (unpaired) electrons. The minimum atomic E-state index is -1.07. The number of aliphatic hydroxyl groups is 3. The largest absolute Gasteiger partial charge is 0.460 e. The molecule has 12 heavy (non-hydrogen) atoms. The first-order valence-electron chi connectivity index (χ1n) is 3.81. The maximum atomic E-state index is 10.6. The summed E-state index contributed by atoms with van der Waals surface area (Å²) >= 11 is 0. The van der Waals surface area contributed by atoms with E-state index in [1.54, 1.807) is 0 Å². The first-order valence-corrected chi connectivity index (χ1v) is 3.81. The van der Waals surface area contributed by atoms with Gasteiger partial charge in [-0.15, -0.1) is 0 Å². The molecule has 1 aliphatic heterocycles. The predicted molar refractivity (Wildman–Crippen MR) is 38.2 cm³/mol. The summed E-state index contributed by atoms with van der Waals surface area (Å²) in [5.74, 6) is -0.648. The Balaban J connectivity index is 2.32. The molecular formula is C7H12O5. The van der Waals surface area contributed by atoms with Crippen LogP contribution in [-0.4, -0.2) is 46.2 Å². The fraction of sp³-hybridized carbons (Fsp3) is 0.857. The Bertz CT molecular complexity index is 169. The molecule has 1 heterocycles. The van der Waals surface area contributed by atoms with Crippen LogP contribution in [0.15, 0.2) is 0 Å². The van der Waals surface area contributed by atoms with Crippen molar-refractivity contribution in [1.82, 2.24) is 0 Å². The van der Waals surface area contributed by atoms with E-state index in [1.807, 2.05) is 0 Å². The molecule has 3 unspecified atom stereocenters. The SMILES string of the molecule is O=C1OC(CC(O)CO)CC1O. The molecule has 5 heteroatoms. The molecule has 0 aromatic heterocycles. The van der Waals surface area contributed by atoms with Crippen molar-refractivity contribution in [2.45, 2.75) is 31.2 Å². The van der Waals surface area contributed by atoms with Crippen molar-refractivity contribution >= 4 is 5.97 Å². The highest BCUT2D eigenvalue weighted by atomic mass is 16.6. The highest BCUT2D eigenvalue weighted by Crippen LogP contribution is 2.18. The smallest absolute Gasteiger partial charge is 0.335 e. The lowest BCUT2D eigenvalue weighted by atomic mass is 10.1. The molecule has 0 spiro atoms. The maximum absolute atomic E-state index is 10.6. The molecule has 3 N–H and O–H groups in total. The maximum Gasteiger partial charge on any atom is 0.335 e. The molecule has 0 aromatic carbocycles. The van der Waals surface area contributed by atoms with E-state index in [4.69, 9.17) is 15.3 Å². The number of rotatable bonds is 3. The molecule has 0 bridgehead atoms. The van der Waals surface area contributed by atoms with Crippen LogP contribution in [0.1, 0.15) is 12.8 Å². The lowest BCUT2D eigenvalue weighted by Gasteiger charge is -2.11. The summed E-state index contributed by atoms with van der Waals surface area (Å²) in [5.41, 5.74) is 0.